The molecule has 5 heteroatoms. The van der Waals surface area contributed by atoms with Crippen molar-refractivity contribution in [3.05, 3.63) is 83.2 Å². The van der Waals surface area contributed by atoms with Gasteiger partial charge in [-0.15, -0.1) is 0 Å². The number of hydrogen-bond donors (Lipinski definition) is 1. The molecule has 110 valence electrons. The molecule has 3 rings (SSSR count). The van der Waals surface area contributed by atoms with E-state index < -0.39 is 0 Å². The zero-order chi connectivity index (χ0) is 15.4. The predicted octanol–water partition coefficient (Wildman–Crippen LogP) is 2.31. The van der Waals surface area contributed by atoms with Crippen molar-refractivity contribution in [1.82, 2.24) is 14.8 Å². The highest BCUT2D eigenvalue weighted by molar-refractivity contribution is 5.92. The molecule has 0 atom stereocenters. The number of amides is 1. The van der Waals surface area contributed by atoms with Crippen LogP contribution in [0.15, 0.2) is 65.9 Å². The van der Waals surface area contributed by atoms with Crippen LogP contribution in [-0.4, -0.2) is 20.7 Å². The Morgan fingerprint density at radius 1 is 1.18 bits per heavy atom. The van der Waals surface area contributed by atoms with Crippen LogP contribution in [-0.2, 0) is 6.54 Å². The van der Waals surface area contributed by atoms with Gasteiger partial charge in [0, 0.05) is 18.9 Å². The molecule has 3 aromatic rings. The van der Waals surface area contributed by atoms with Gasteiger partial charge in [0.15, 0.2) is 0 Å². The number of benzene rings is 1. The summed E-state index contributed by atoms with van der Waals surface area (Å²) in [6, 6.07) is 15.5. The van der Waals surface area contributed by atoms with E-state index in [4.69, 9.17) is 0 Å². The molecule has 2 heterocycles. The van der Waals surface area contributed by atoms with Gasteiger partial charge in [0.05, 0.1) is 0 Å². The molecule has 0 bridgehead atoms. The molecule has 1 aromatic carbocycles. The number of rotatable bonds is 3. The third-order valence-corrected chi connectivity index (χ3v) is 3.34. The van der Waals surface area contributed by atoms with Crippen molar-refractivity contribution in [1.29, 1.82) is 0 Å². The molecule has 0 aliphatic carbocycles. The number of aryl methyl sites for hydroxylation is 1. The van der Waals surface area contributed by atoms with E-state index in [1.54, 1.807) is 6.07 Å². The van der Waals surface area contributed by atoms with Crippen LogP contribution in [0.4, 0.5) is 0 Å². The second-order valence-corrected chi connectivity index (χ2v) is 5.06. The Morgan fingerprint density at radius 2 is 2.00 bits per heavy atom. The largest absolute Gasteiger partial charge is 0.328 e. The topological polar surface area (TPSA) is 63.0 Å². The van der Waals surface area contributed by atoms with Crippen LogP contribution in [0, 0.1) is 6.92 Å². The average molecular weight is 292 g/mol. The van der Waals surface area contributed by atoms with Gasteiger partial charge < -0.3 is 4.57 Å². The first-order valence-electron chi connectivity index (χ1n) is 7.02. The van der Waals surface area contributed by atoms with Gasteiger partial charge in [-0.3, -0.25) is 9.89 Å². The lowest BCUT2D eigenvalue weighted by Crippen LogP contribution is -2.22. The molecule has 0 saturated heterocycles. The summed E-state index contributed by atoms with van der Waals surface area (Å²) in [5, 5.41) is 6.40. The normalized spacial score (nSPS) is 11.6. The smallest absolute Gasteiger partial charge is 0.296 e. The van der Waals surface area contributed by atoms with Gasteiger partial charge in [0.2, 0.25) is 0 Å². The molecule has 5 nitrogen and oxygen atoms in total. The average Bonchev–Trinajstić information content (AvgIpc) is 3.06. The Balaban J connectivity index is 1.93. The highest BCUT2D eigenvalue weighted by atomic mass is 16.1. The van der Waals surface area contributed by atoms with Crippen molar-refractivity contribution in [2.24, 2.45) is 4.99 Å². The lowest BCUT2D eigenvalue weighted by atomic mass is 10.1. The minimum Gasteiger partial charge on any atom is -0.328 e. The maximum atomic E-state index is 12.1. The molecular formula is C17H16N4O. The second-order valence-electron chi connectivity index (χ2n) is 5.06. The number of carbonyl (C=O) groups is 1. The van der Waals surface area contributed by atoms with E-state index in [0.717, 1.165) is 5.56 Å². The first-order chi connectivity index (χ1) is 10.7. The van der Waals surface area contributed by atoms with E-state index in [1.807, 2.05) is 29.0 Å². The number of aromatic amines is 1. The Hall–Kier alpha value is -2.95. The number of pyridine rings is 1. The Bertz CT molecular complexity index is 830. The number of nitrogens with zero attached hydrogens (tertiary/aromatic N) is 3. The Labute approximate surface area is 128 Å². The minimum absolute atomic E-state index is 0.332. The zero-order valence-corrected chi connectivity index (χ0v) is 12.2. The van der Waals surface area contributed by atoms with Crippen LogP contribution in [0.5, 0.6) is 0 Å². The van der Waals surface area contributed by atoms with Crippen LogP contribution in [0.2, 0.25) is 0 Å². The van der Waals surface area contributed by atoms with Gasteiger partial charge in [0.1, 0.15) is 11.2 Å². The van der Waals surface area contributed by atoms with Crippen molar-refractivity contribution in [2.75, 3.05) is 0 Å². The van der Waals surface area contributed by atoms with Crippen molar-refractivity contribution in [2.45, 2.75) is 13.5 Å². The lowest BCUT2D eigenvalue weighted by molar-refractivity contribution is 0.0992. The maximum Gasteiger partial charge on any atom is 0.296 e. The molecule has 0 aliphatic rings. The Kier molecular flexibility index (Phi) is 3.96. The van der Waals surface area contributed by atoms with Crippen molar-refractivity contribution in [3.8, 4) is 0 Å². The van der Waals surface area contributed by atoms with Gasteiger partial charge in [-0.2, -0.15) is 10.1 Å². The highest BCUT2D eigenvalue weighted by Gasteiger charge is 2.05. The number of H-pyrrole nitrogens is 1. The van der Waals surface area contributed by atoms with Gasteiger partial charge in [-0.05, 0) is 30.7 Å². The summed E-state index contributed by atoms with van der Waals surface area (Å²) >= 11 is 0. The minimum atomic E-state index is -0.332. The standard InChI is InChI=1S/C17H16N4O/c1-13-5-7-14(8-6-13)12-21-11-3-2-4-16(21)19-17(22)15-9-10-18-20-15/h2-11H,12H2,1H3,(H,18,20). The molecule has 22 heavy (non-hydrogen) atoms. The van der Waals surface area contributed by atoms with Crippen molar-refractivity contribution < 1.29 is 4.79 Å². The third kappa shape index (κ3) is 3.20. The summed E-state index contributed by atoms with van der Waals surface area (Å²) < 4.78 is 1.94. The van der Waals surface area contributed by atoms with E-state index in [9.17, 15) is 4.79 Å². The fourth-order valence-electron chi connectivity index (χ4n) is 2.13. The molecule has 1 N–H and O–H groups in total. The molecule has 0 aliphatic heterocycles. The van der Waals surface area contributed by atoms with E-state index in [-0.39, 0.29) is 5.91 Å². The van der Waals surface area contributed by atoms with Crippen molar-refractivity contribution in [3.63, 3.8) is 0 Å². The van der Waals surface area contributed by atoms with Crippen LogP contribution in [0.25, 0.3) is 0 Å². The summed E-state index contributed by atoms with van der Waals surface area (Å²) in [5.41, 5.74) is 3.38. The van der Waals surface area contributed by atoms with E-state index in [1.165, 1.54) is 11.8 Å². The molecule has 2 aromatic heterocycles. The maximum absolute atomic E-state index is 12.1. The van der Waals surface area contributed by atoms with Crippen LogP contribution >= 0.6 is 0 Å². The Morgan fingerprint density at radius 3 is 2.73 bits per heavy atom. The SMILES string of the molecule is Cc1ccc(Cn2ccccc2=NC(=O)c2ccn[nH]2)cc1. The lowest BCUT2D eigenvalue weighted by Gasteiger charge is -2.07. The summed E-state index contributed by atoms with van der Waals surface area (Å²) in [6.07, 6.45) is 3.45. The first kappa shape index (κ1) is 14.0. The molecule has 0 radical (unpaired) electrons. The zero-order valence-electron chi connectivity index (χ0n) is 12.2. The first-order valence-corrected chi connectivity index (χ1v) is 7.02. The van der Waals surface area contributed by atoms with Gasteiger partial charge in [-0.1, -0.05) is 35.9 Å². The predicted molar refractivity (Wildman–Crippen MR) is 83.2 cm³/mol. The van der Waals surface area contributed by atoms with Crippen molar-refractivity contribution >= 4 is 5.91 Å². The molecule has 0 spiro atoms. The second kappa shape index (κ2) is 6.22. The van der Waals surface area contributed by atoms with Crippen LogP contribution in [0.1, 0.15) is 21.6 Å². The van der Waals surface area contributed by atoms with Gasteiger partial charge in [-0.25, -0.2) is 0 Å². The number of carbonyl (C=O) groups excluding carboxylic acids is 1. The fourth-order valence-corrected chi connectivity index (χ4v) is 2.13. The monoisotopic (exact) mass is 292 g/mol. The number of aromatic nitrogens is 3. The van der Waals surface area contributed by atoms with Gasteiger partial charge in [0.25, 0.3) is 5.91 Å². The van der Waals surface area contributed by atoms with E-state index in [2.05, 4.69) is 46.4 Å². The van der Waals surface area contributed by atoms with Crippen LogP contribution < -0.4 is 5.49 Å². The highest BCUT2D eigenvalue weighted by Crippen LogP contribution is 2.04. The summed E-state index contributed by atoms with van der Waals surface area (Å²) in [5.74, 6) is -0.332. The van der Waals surface area contributed by atoms with Crippen LogP contribution in [0.3, 0.4) is 0 Å². The molecule has 0 fully saturated rings. The molecule has 1 amide bonds. The van der Waals surface area contributed by atoms with E-state index in [0.29, 0.717) is 17.7 Å². The summed E-state index contributed by atoms with van der Waals surface area (Å²) in [4.78, 5) is 16.2. The van der Waals surface area contributed by atoms with E-state index >= 15 is 0 Å². The molecular weight excluding hydrogens is 276 g/mol. The fraction of sp³-hybridized carbons (Fsp3) is 0.118. The molecule has 0 unspecified atom stereocenters. The van der Waals surface area contributed by atoms with Gasteiger partial charge >= 0.3 is 0 Å². The molecule has 0 saturated carbocycles. The number of nitrogens with one attached hydrogen (secondary N) is 1. The number of hydrogen-bond acceptors (Lipinski definition) is 2. The summed E-state index contributed by atoms with van der Waals surface area (Å²) in [6.45, 7) is 2.72. The summed E-state index contributed by atoms with van der Waals surface area (Å²) in [7, 11) is 0. The third-order valence-electron chi connectivity index (χ3n) is 3.34. The quantitative estimate of drug-likeness (QED) is 0.805.